The summed E-state index contributed by atoms with van der Waals surface area (Å²) in [4.78, 5) is 36.5. The number of hydrogen-bond donors (Lipinski definition) is 1. The molecule has 0 atom stereocenters. The lowest BCUT2D eigenvalue weighted by Gasteiger charge is -2.34. The molecule has 7 nitrogen and oxygen atoms in total. The summed E-state index contributed by atoms with van der Waals surface area (Å²) in [6, 6.07) is 8.70. The van der Waals surface area contributed by atoms with Crippen molar-refractivity contribution >= 4 is 35.1 Å². The van der Waals surface area contributed by atoms with Crippen LogP contribution in [0.4, 0.5) is 11.6 Å². The Bertz CT molecular complexity index is 748. The molecule has 1 fully saturated rings. The molecule has 0 spiro atoms. The zero-order valence-corrected chi connectivity index (χ0v) is 14.3. The van der Waals surface area contributed by atoms with Crippen molar-refractivity contribution in [2.75, 3.05) is 36.4 Å². The van der Waals surface area contributed by atoms with Crippen LogP contribution in [0.25, 0.3) is 0 Å². The highest BCUT2D eigenvalue weighted by Crippen LogP contribution is 2.20. The van der Waals surface area contributed by atoms with Crippen LogP contribution < -0.4 is 10.2 Å². The normalized spacial score (nSPS) is 14.3. The van der Waals surface area contributed by atoms with Crippen molar-refractivity contribution in [2.45, 2.75) is 6.42 Å². The van der Waals surface area contributed by atoms with E-state index in [2.05, 4.69) is 15.3 Å². The molecule has 1 aliphatic heterocycles. The highest BCUT2D eigenvalue weighted by Gasteiger charge is 2.24. The lowest BCUT2D eigenvalue weighted by molar-refractivity contribution is -0.134. The second kappa shape index (κ2) is 7.94. The van der Waals surface area contributed by atoms with Gasteiger partial charge in [0.25, 0.3) is 0 Å². The van der Waals surface area contributed by atoms with Crippen LogP contribution >= 0.6 is 11.6 Å². The fraction of sp³-hybridized carbons (Fsp3) is 0.294. The molecule has 0 saturated carbocycles. The summed E-state index contributed by atoms with van der Waals surface area (Å²) in [5.41, 5.74) is 0.507. The quantitative estimate of drug-likeness (QED) is 0.842. The molecule has 0 unspecified atom stereocenters. The number of carbonyl (C=O) groups is 2. The maximum atomic E-state index is 12.3. The highest BCUT2D eigenvalue weighted by atomic mass is 35.5. The number of nitrogens with zero attached hydrogens (tertiary/aromatic N) is 4. The van der Waals surface area contributed by atoms with Gasteiger partial charge in [-0.1, -0.05) is 23.7 Å². The van der Waals surface area contributed by atoms with Crippen LogP contribution in [-0.4, -0.2) is 52.9 Å². The molecular formula is C17H18ClN5O2. The van der Waals surface area contributed by atoms with Crippen molar-refractivity contribution in [1.82, 2.24) is 14.9 Å². The van der Waals surface area contributed by atoms with E-state index in [1.54, 1.807) is 47.6 Å². The average molecular weight is 360 g/mol. The number of amides is 2. The predicted octanol–water partition coefficient (Wildman–Crippen LogP) is 1.81. The summed E-state index contributed by atoms with van der Waals surface area (Å²) in [5.74, 6) is 0.0937. The minimum atomic E-state index is -0.369. The monoisotopic (exact) mass is 359 g/mol. The average Bonchev–Trinajstić information content (AvgIpc) is 2.64. The zero-order valence-electron chi connectivity index (χ0n) is 13.6. The van der Waals surface area contributed by atoms with Gasteiger partial charge in [-0.2, -0.15) is 0 Å². The van der Waals surface area contributed by atoms with Crippen LogP contribution in [0.15, 0.2) is 42.7 Å². The molecule has 130 valence electrons. The third-order valence-corrected chi connectivity index (χ3v) is 4.26. The number of nitrogens with one attached hydrogen (secondary N) is 1. The van der Waals surface area contributed by atoms with Gasteiger partial charge in [0.15, 0.2) is 0 Å². The predicted molar refractivity (Wildman–Crippen MR) is 95.5 cm³/mol. The number of aromatic nitrogens is 2. The van der Waals surface area contributed by atoms with Crippen molar-refractivity contribution in [2.24, 2.45) is 0 Å². The lowest BCUT2D eigenvalue weighted by atomic mass is 10.2. The Morgan fingerprint density at radius 1 is 1.04 bits per heavy atom. The molecule has 0 aliphatic carbocycles. The Morgan fingerprint density at radius 2 is 1.72 bits per heavy atom. The molecule has 2 amide bonds. The molecule has 25 heavy (non-hydrogen) atoms. The summed E-state index contributed by atoms with van der Waals surface area (Å²) in [6.07, 6.45) is 3.19. The Morgan fingerprint density at radius 3 is 2.40 bits per heavy atom. The number of benzene rings is 1. The van der Waals surface area contributed by atoms with Crippen LogP contribution in [0.5, 0.6) is 0 Å². The number of para-hydroxylation sites is 1. The van der Waals surface area contributed by atoms with E-state index in [0.717, 1.165) is 0 Å². The summed E-state index contributed by atoms with van der Waals surface area (Å²) in [6.45, 7) is 2.36. The number of rotatable bonds is 4. The van der Waals surface area contributed by atoms with Gasteiger partial charge in [-0.15, -0.1) is 0 Å². The van der Waals surface area contributed by atoms with E-state index in [4.69, 9.17) is 11.6 Å². The van der Waals surface area contributed by atoms with Gasteiger partial charge in [0.05, 0.1) is 10.7 Å². The van der Waals surface area contributed by atoms with Gasteiger partial charge in [-0.3, -0.25) is 9.59 Å². The highest BCUT2D eigenvalue weighted by molar-refractivity contribution is 6.33. The molecule has 8 heteroatoms. The first-order valence-electron chi connectivity index (χ1n) is 7.97. The number of hydrogen-bond acceptors (Lipinski definition) is 5. The van der Waals surface area contributed by atoms with Crippen molar-refractivity contribution < 1.29 is 9.59 Å². The van der Waals surface area contributed by atoms with Crippen LogP contribution in [0.1, 0.15) is 6.42 Å². The molecule has 2 heterocycles. The van der Waals surface area contributed by atoms with E-state index in [9.17, 15) is 9.59 Å². The van der Waals surface area contributed by atoms with Crippen molar-refractivity contribution in [3.05, 3.63) is 47.7 Å². The lowest BCUT2D eigenvalue weighted by Crippen LogP contribution is -2.49. The van der Waals surface area contributed by atoms with Crippen molar-refractivity contribution in [1.29, 1.82) is 0 Å². The number of piperazine rings is 1. The number of anilines is 2. The fourth-order valence-corrected chi connectivity index (χ4v) is 2.80. The minimum absolute atomic E-state index is 0.196. The van der Waals surface area contributed by atoms with Crippen LogP contribution in [0.2, 0.25) is 5.02 Å². The van der Waals surface area contributed by atoms with E-state index in [1.165, 1.54) is 0 Å². The summed E-state index contributed by atoms with van der Waals surface area (Å²) in [7, 11) is 0. The maximum Gasteiger partial charge on any atom is 0.233 e. The van der Waals surface area contributed by atoms with Gasteiger partial charge >= 0.3 is 0 Å². The number of halogens is 1. The fourth-order valence-electron chi connectivity index (χ4n) is 2.62. The largest absolute Gasteiger partial charge is 0.339 e. The van der Waals surface area contributed by atoms with E-state index in [-0.39, 0.29) is 18.2 Å². The molecule has 1 N–H and O–H groups in total. The second-order valence-corrected chi connectivity index (χ2v) is 6.03. The van der Waals surface area contributed by atoms with E-state index >= 15 is 0 Å². The smallest absolute Gasteiger partial charge is 0.233 e. The van der Waals surface area contributed by atoms with Gasteiger partial charge < -0.3 is 15.1 Å². The van der Waals surface area contributed by atoms with Gasteiger partial charge in [0, 0.05) is 38.6 Å². The summed E-state index contributed by atoms with van der Waals surface area (Å²) >= 11 is 6.00. The number of carbonyl (C=O) groups excluding carboxylic acids is 2. The van der Waals surface area contributed by atoms with Crippen LogP contribution in [0, 0.1) is 0 Å². The third kappa shape index (κ3) is 4.45. The Balaban J connectivity index is 1.49. The molecule has 1 aromatic heterocycles. The van der Waals surface area contributed by atoms with Gasteiger partial charge in [0.1, 0.15) is 6.42 Å². The maximum absolute atomic E-state index is 12.3. The molecule has 0 bridgehead atoms. The topological polar surface area (TPSA) is 78.4 Å². The van der Waals surface area contributed by atoms with Gasteiger partial charge in [-0.25, -0.2) is 9.97 Å². The zero-order chi connectivity index (χ0) is 17.6. The molecular weight excluding hydrogens is 342 g/mol. The van der Waals surface area contributed by atoms with Gasteiger partial charge in [0.2, 0.25) is 17.8 Å². The Hall–Kier alpha value is -2.67. The minimum Gasteiger partial charge on any atom is -0.339 e. The van der Waals surface area contributed by atoms with Crippen molar-refractivity contribution in [3.63, 3.8) is 0 Å². The molecule has 0 radical (unpaired) electrons. The molecule has 1 saturated heterocycles. The van der Waals surface area contributed by atoms with Crippen LogP contribution in [0.3, 0.4) is 0 Å². The van der Waals surface area contributed by atoms with E-state index < -0.39 is 0 Å². The third-order valence-electron chi connectivity index (χ3n) is 3.93. The summed E-state index contributed by atoms with van der Waals surface area (Å²) < 4.78 is 0. The summed E-state index contributed by atoms with van der Waals surface area (Å²) in [5, 5.41) is 3.11. The Kier molecular flexibility index (Phi) is 5.45. The molecule has 2 aromatic rings. The van der Waals surface area contributed by atoms with E-state index in [0.29, 0.717) is 42.8 Å². The Labute approximate surface area is 150 Å². The van der Waals surface area contributed by atoms with Crippen LogP contribution in [-0.2, 0) is 9.59 Å². The first-order chi connectivity index (χ1) is 12.1. The molecule has 1 aliphatic rings. The van der Waals surface area contributed by atoms with Gasteiger partial charge in [-0.05, 0) is 18.2 Å². The SMILES string of the molecule is O=C(CC(=O)N1CCN(c2ncccn2)CC1)Nc1ccccc1Cl. The molecule has 1 aromatic carbocycles. The standard InChI is InChI=1S/C17H18ClN5O2/c18-13-4-1-2-5-14(13)21-15(24)12-16(25)22-8-10-23(11-9-22)17-19-6-3-7-20-17/h1-7H,8-12H2,(H,21,24). The second-order valence-electron chi connectivity index (χ2n) is 5.62. The first-order valence-corrected chi connectivity index (χ1v) is 8.35. The van der Waals surface area contributed by atoms with E-state index in [1.807, 2.05) is 4.90 Å². The molecule has 3 rings (SSSR count). The van der Waals surface area contributed by atoms with Crippen molar-refractivity contribution in [3.8, 4) is 0 Å². The first kappa shape index (κ1) is 17.2.